The minimum atomic E-state index is -0.593. The summed E-state index contributed by atoms with van der Waals surface area (Å²) in [5.74, 6) is -0.808. The lowest BCUT2D eigenvalue weighted by atomic mass is 10.1. The molecule has 1 atom stereocenters. The number of amides is 1. The van der Waals surface area contributed by atoms with Gasteiger partial charge in [0.1, 0.15) is 17.4 Å². The summed E-state index contributed by atoms with van der Waals surface area (Å²) in [6.45, 7) is 4.11. The third-order valence-electron chi connectivity index (χ3n) is 5.24. The third kappa shape index (κ3) is 4.80. The van der Waals surface area contributed by atoms with E-state index in [0.717, 1.165) is 19.2 Å². The van der Waals surface area contributed by atoms with Gasteiger partial charge in [-0.3, -0.25) is 9.69 Å². The van der Waals surface area contributed by atoms with E-state index in [1.54, 1.807) is 0 Å². The average Bonchev–Trinajstić information content (AvgIpc) is 3.12. The largest absolute Gasteiger partial charge is 0.437 e. The van der Waals surface area contributed by atoms with E-state index in [2.05, 4.69) is 15.2 Å². The van der Waals surface area contributed by atoms with E-state index in [0.29, 0.717) is 56.2 Å². The molecular formula is C20H24F2N4O3. The molecule has 0 bridgehead atoms. The number of halogens is 2. The smallest absolute Gasteiger partial charge is 0.307 e. The summed E-state index contributed by atoms with van der Waals surface area (Å²) in [7, 11) is 2.02. The molecule has 0 spiro atoms. The van der Waals surface area contributed by atoms with Crippen molar-refractivity contribution in [2.75, 3.05) is 39.8 Å². The average molecular weight is 406 g/mol. The van der Waals surface area contributed by atoms with Gasteiger partial charge in [-0.05, 0) is 13.1 Å². The maximum Gasteiger partial charge on any atom is 0.307 e. The van der Waals surface area contributed by atoms with Gasteiger partial charge in [-0.1, -0.05) is 6.07 Å². The van der Waals surface area contributed by atoms with Crippen LogP contribution in [0.1, 0.15) is 27.7 Å². The number of aromatic nitrogens is 1. The van der Waals surface area contributed by atoms with Crippen LogP contribution in [0.4, 0.5) is 8.78 Å². The highest BCUT2D eigenvalue weighted by Crippen LogP contribution is 2.22. The number of rotatable bonds is 5. The number of nitrogens with one attached hydrogen (secondary N) is 1. The van der Waals surface area contributed by atoms with E-state index in [9.17, 15) is 13.6 Å². The fourth-order valence-corrected chi connectivity index (χ4v) is 3.65. The molecule has 29 heavy (non-hydrogen) atoms. The number of ether oxygens (including phenoxy) is 1. The number of likely N-dealkylation sites (N-methyl/N-ethyl adjacent to an activating group) is 1. The topological polar surface area (TPSA) is 70.8 Å². The van der Waals surface area contributed by atoms with Crippen LogP contribution < -0.4 is 5.32 Å². The van der Waals surface area contributed by atoms with Gasteiger partial charge in [0, 0.05) is 57.3 Å². The number of carbonyl (C=O) groups is 1. The van der Waals surface area contributed by atoms with E-state index >= 15 is 0 Å². The van der Waals surface area contributed by atoms with E-state index < -0.39 is 11.6 Å². The van der Waals surface area contributed by atoms with Gasteiger partial charge in [0.05, 0.1) is 18.4 Å². The molecule has 0 saturated carbocycles. The highest BCUT2D eigenvalue weighted by molar-refractivity contribution is 5.89. The molecule has 2 aliphatic heterocycles. The summed E-state index contributed by atoms with van der Waals surface area (Å²) in [6.07, 6.45) is 0.526. The first-order chi connectivity index (χ1) is 14.0. The predicted octanol–water partition coefficient (Wildman–Crippen LogP) is 1.57. The minimum absolute atomic E-state index is 0.0361. The molecule has 0 unspecified atom stereocenters. The quantitative estimate of drug-likeness (QED) is 0.813. The normalized spacial score (nSPS) is 20.4. The van der Waals surface area contributed by atoms with Gasteiger partial charge in [-0.2, -0.15) is 0 Å². The van der Waals surface area contributed by atoms with Gasteiger partial charge in [-0.15, -0.1) is 0 Å². The second kappa shape index (κ2) is 8.56. The number of benzene rings is 1. The zero-order valence-electron chi connectivity index (χ0n) is 16.3. The number of nitrogens with zero attached hydrogens (tertiary/aromatic N) is 3. The van der Waals surface area contributed by atoms with Gasteiger partial charge < -0.3 is 19.4 Å². The van der Waals surface area contributed by atoms with E-state index in [1.165, 1.54) is 12.1 Å². The van der Waals surface area contributed by atoms with Crippen LogP contribution in [0.3, 0.4) is 0 Å². The Labute approximate surface area is 167 Å². The first-order valence-corrected chi connectivity index (χ1v) is 9.71. The van der Waals surface area contributed by atoms with Crippen molar-refractivity contribution < 1.29 is 22.7 Å². The van der Waals surface area contributed by atoms with Crippen molar-refractivity contribution in [3.8, 4) is 0 Å². The van der Waals surface area contributed by atoms with Crippen LogP contribution in [0, 0.1) is 11.6 Å². The molecule has 0 aliphatic carbocycles. The van der Waals surface area contributed by atoms with Gasteiger partial charge in [0.2, 0.25) is 0 Å². The highest BCUT2D eigenvalue weighted by atomic mass is 19.1. The van der Waals surface area contributed by atoms with Gasteiger partial charge in [0.25, 0.3) is 5.89 Å². The van der Waals surface area contributed by atoms with E-state index in [1.807, 2.05) is 11.9 Å². The lowest BCUT2D eigenvalue weighted by molar-refractivity contribution is -0.0176. The van der Waals surface area contributed by atoms with E-state index in [-0.39, 0.29) is 17.9 Å². The first-order valence-electron chi connectivity index (χ1n) is 9.71. The van der Waals surface area contributed by atoms with Crippen molar-refractivity contribution in [3.05, 3.63) is 52.7 Å². The Morgan fingerprint density at radius 1 is 1.34 bits per heavy atom. The van der Waals surface area contributed by atoms with Crippen molar-refractivity contribution in [1.29, 1.82) is 0 Å². The number of fused-ring (bicyclic) bond motifs is 1. The molecule has 4 rings (SSSR count). The van der Waals surface area contributed by atoms with Crippen LogP contribution in [-0.4, -0.2) is 66.6 Å². The molecule has 2 aliphatic rings. The molecule has 1 amide bonds. The van der Waals surface area contributed by atoms with Crippen LogP contribution in [0.15, 0.2) is 22.6 Å². The Balaban J connectivity index is 1.34. The summed E-state index contributed by atoms with van der Waals surface area (Å²) >= 11 is 0. The molecule has 2 aromatic rings. The van der Waals surface area contributed by atoms with Gasteiger partial charge in [0.15, 0.2) is 0 Å². The lowest BCUT2D eigenvalue weighted by Gasteiger charge is -2.29. The Hall–Kier alpha value is -2.36. The zero-order valence-corrected chi connectivity index (χ0v) is 16.3. The molecule has 1 saturated heterocycles. The fourth-order valence-electron chi connectivity index (χ4n) is 3.65. The van der Waals surface area contributed by atoms with Crippen LogP contribution in [0.5, 0.6) is 0 Å². The standard InChI is InChI=1S/C20H24F2N4O3/c1-25-6-7-28-15(11-25)9-23-19(27)20-24-17-12-26(5-4-18(17)29-20)10-13-2-3-14(21)8-16(13)22/h2-3,8,15H,4-7,9-12H2,1H3,(H,23,27)/t15-/m1/s1. The summed E-state index contributed by atoms with van der Waals surface area (Å²) < 4.78 is 38.3. The van der Waals surface area contributed by atoms with Crippen molar-refractivity contribution in [1.82, 2.24) is 20.1 Å². The molecule has 7 nitrogen and oxygen atoms in total. The highest BCUT2D eigenvalue weighted by Gasteiger charge is 2.26. The third-order valence-corrected chi connectivity index (χ3v) is 5.24. The van der Waals surface area contributed by atoms with Crippen LogP contribution in [0.2, 0.25) is 0 Å². The molecule has 0 radical (unpaired) electrons. The second-order valence-electron chi connectivity index (χ2n) is 7.55. The second-order valence-corrected chi connectivity index (χ2v) is 7.55. The van der Waals surface area contributed by atoms with Crippen LogP contribution in [-0.2, 0) is 24.2 Å². The number of morpholine rings is 1. The number of oxazole rings is 1. The van der Waals surface area contributed by atoms with Gasteiger partial charge >= 0.3 is 5.91 Å². The molecule has 1 aromatic heterocycles. The Kier molecular flexibility index (Phi) is 5.89. The number of hydrogen-bond donors (Lipinski definition) is 1. The van der Waals surface area contributed by atoms with Crippen LogP contribution in [0.25, 0.3) is 0 Å². The molecule has 3 heterocycles. The summed E-state index contributed by atoms with van der Waals surface area (Å²) in [6, 6.07) is 3.59. The van der Waals surface area contributed by atoms with Crippen LogP contribution >= 0.6 is 0 Å². The number of carbonyl (C=O) groups excluding carboxylic acids is 1. The Bertz CT molecular complexity index is 889. The molecule has 156 valence electrons. The van der Waals surface area contributed by atoms with Crippen molar-refractivity contribution in [2.45, 2.75) is 25.6 Å². The van der Waals surface area contributed by atoms with Gasteiger partial charge in [-0.25, -0.2) is 13.8 Å². The molecule has 1 N–H and O–H groups in total. The monoisotopic (exact) mass is 406 g/mol. The molecule has 1 aromatic carbocycles. The van der Waals surface area contributed by atoms with E-state index in [4.69, 9.17) is 9.15 Å². The predicted molar refractivity (Wildman–Crippen MR) is 100 cm³/mol. The lowest BCUT2D eigenvalue weighted by Crippen LogP contribution is -2.45. The summed E-state index contributed by atoms with van der Waals surface area (Å²) in [5, 5.41) is 2.82. The Morgan fingerprint density at radius 3 is 3.00 bits per heavy atom. The Morgan fingerprint density at radius 2 is 2.21 bits per heavy atom. The summed E-state index contributed by atoms with van der Waals surface area (Å²) in [5.41, 5.74) is 1.10. The molecule has 1 fully saturated rings. The fraction of sp³-hybridized carbons (Fsp3) is 0.500. The van der Waals surface area contributed by atoms with Crippen molar-refractivity contribution in [3.63, 3.8) is 0 Å². The van der Waals surface area contributed by atoms with Crippen molar-refractivity contribution in [2.24, 2.45) is 0 Å². The molecule has 9 heteroatoms. The van der Waals surface area contributed by atoms with Crippen molar-refractivity contribution >= 4 is 5.91 Å². The maximum absolute atomic E-state index is 13.9. The summed E-state index contributed by atoms with van der Waals surface area (Å²) in [4.78, 5) is 20.9. The zero-order chi connectivity index (χ0) is 20.4. The SMILES string of the molecule is CN1CCO[C@H](CNC(=O)c2nc3c(o2)CCN(Cc2ccc(F)cc2F)C3)C1. The minimum Gasteiger partial charge on any atom is -0.437 e. The first kappa shape index (κ1) is 19.9. The maximum atomic E-state index is 13.9. The number of hydrogen-bond acceptors (Lipinski definition) is 6. The molecular weight excluding hydrogens is 382 g/mol.